The van der Waals surface area contributed by atoms with Crippen molar-refractivity contribution in [2.45, 2.75) is 36.1 Å². The smallest absolute Gasteiger partial charge is 0.235 e. The van der Waals surface area contributed by atoms with Gasteiger partial charge < -0.3 is 21.1 Å². The normalized spacial score (nSPS) is 15.9. The van der Waals surface area contributed by atoms with Crippen molar-refractivity contribution in [1.82, 2.24) is 9.97 Å². The molecule has 3 aromatic carbocycles. The summed E-state index contributed by atoms with van der Waals surface area (Å²) in [5.41, 5.74) is 3.46. The van der Waals surface area contributed by atoms with Crippen LogP contribution < -0.4 is 16.0 Å². The number of amides is 1. The number of aromatic nitrogens is 2. The Morgan fingerprint density at radius 3 is 2.42 bits per heavy atom. The van der Waals surface area contributed by atoms with Gasteiger partial charge in [-0.15, -0.1) is 0 Å². The number of carbonyl (C=O) groups excluding carboxylic acids is 1. The molecule has 0 radical (unpaired) electrons. The maximum absolute atomic E-state index is 13.1. The SMILES string of the molecule is C[C@H](CO)Nc1nc(Nc2cccc(S(C)(=N)=O)c2)ncc1-c1ccc(NC(=O)C2(c3ccccc3)CC2)cc1. The van der Waals surface area contributed by atoms with Gasteiger partial charge in [0.15, 0.2) is 0 Å². The third kappa shape index (κ3) is 5.98. The fourth-order valence-corrected chi connectivity index (χ4v) is 5.19. The van der Waals surface area contributed by atoms with E-state index in [1.807, 2.05) is 61.5 Å². The number of nitrogens with one attached hydrogen (secondary N) is 4. The van der Waals surface area contributed by atoms with E-state index in [2.05, 4.69) is 25.9 Å². The highest BCUT2D eigenvalue weighted by Gasteiger charge is 2.51. The lowest BCUT2D eigenvalue weighted by Gasteiger charge is -2.18. The van der Waals surface area contributed by atoms with Crippen molar-refractivity contribution in [3.8, 4) is 11.1 Å². The van der Waals surface area contributed by atoms with E-state index < -0.39 is 15.1 Å². The Morgan fingerprint density at radius 2 is 1.77 bits per heavy atom. The molecule has 1 unspecified atom stereocenters. The Morgan fingerprint density at radius 1 is 1.05 bits per heavy atom. The Hall–Kier alpha value is -4.28. The number of hydrogen-bond acceptors (Lipinski definition) is 8. The Balaban J connectivity index is 1.37. The van der Waals surface area contributed by atoms with Gasteiger partial charge in [0.1, 0.15) is 5.82 Å². The van der Waals surface area contributed by atoms with Gasteiger partial charge in [0.25, 0.3) is 0 Å². The van der Waals surface area contributed by atoms with Crippen LogP contribution >= 0.6 is 0 Å². The molecule has 0 bridgehead atoms. The predicted octanol–water partition coefficient (Wildman–Crippen LogP) is 5.39. The summed E-state index contributed by atoms with van der Waals surface area (Å²) in [6.45, 7) is 1.75. The molecule has 5 rings (SSSR count). The Kier molecular flexibility index (Phi) is 7.55. The molecule has 2 atom stereocenters. The summed E-state index contributed by atoms with van der Waals surface area (Å²) >= 11 is 0. The number of carbonyl (C=O) groups is 1. The zero-order valence-electron chi connectivity index (χ0n) is 22.3. The van der Waals surface area contributed by atoms with Crippen molar-refractivity contribution in [1.29, 1.82) is 4.78 Å². The summed E-state index contributed by atoms with van der Waals surface area (Å²) in [5, 5.41) is 19.0. The van der Waals surface area contributed by atoms with Gasteiger partial charge in [0.05, 0.1) is 21.8 Å². The van der Waals surface area contributed by atoms with Crippen molar-refractivity contribution in [2.24, 2.45) is 0 Å². The van der Waals surface area contributed by atoms with Crippen LogP contribution in [-0.4, -0.2) is 44.1 Å². The number of rotatable bonds is 10. The zero-order chi connectivity index (χ0) is 28.3. The summed E-state index contributed by atoms with van der Waals surface area (Å²) in [7, 11) is -2.87. The maximum atomic E-state index is 13.1. The second kappa shape index (κ2) is 11.1. The Bertz CT molecular complexity index is 1620. The van der Waals surface area contributed by atoms with Gasteiger partial charge in [-0.1, -0.05) is 48.5 Å². The van der Waals surface area contributed by atoms with Gasteiger partial charge in [-0.2, -0.15) is 4.98 Å². The molecule has 5 N–H and O–H groups in total. The van der Waals surface area contributed by atoms with Gasteiger partial charge in [-0.25, -0.2) is 14.0 Å². The van der Waals surface area contributed by atoms with Crippen LogP contribution in [-0.2, 0) is 19.9 Å². The van der Waals surface area contributed by atoms with Crippen molar-refractivity contribution in [3.05, 3.63) is 90.6 Å². The van der Waals surface area contributed by atoms with Crippen LogP contribution in [0.25, 0.3) is 11.1 Å². The van der Waals surface area contributed by atoms with E-state index in [0.29, 0.717) is 28.0 Å². The lowest BCUT2D eigenvalue weighted by molar-refractivity contribution is -0.118. The van der Waals surface area contributed by atoms with Crippen LogP contribution in [0.15, 0.2) is 90.0 Å². The van der Waals surface area contributed by atoms with Crippen molar-refractivity contribution < 1.29 is 14.1 Å². The van der Waals surface area contributed by atoms with Gasteiger partial charge in [0.2, 0.25) is 11.9 Å². The van der Waals surface area contributed by atoms with E-state index in [4.69, 9.17) is 4.78 Å². The van der Waals surface area contributed by atoms with Gasteiger partial charge in [-0.3, -0.25) is 4.79 Å². The minimum Gasteiger partial charge on any atom is -0.394 e. The molecule has 0 aliphatic heterocycles. The fraction of sp³-hybridized carbons (Fsp3) is 0.233. The van der Waals surface area contributed by atoms with E-state index in [1.54, 1.807) is 30.5 Å². The van der Waals surface area contributed by atoms with Crippen LogP contribution in [0.4, 0.5) is 23.1 Å². The minimum atomic E-state index is -2.87. The molecule has 206 valence electrons. The molecule has 40 heavy (non-hydrogen) atoms. The third-order valence-corrected chi connectivity index (χ3v) is 8.10. The first kappa shape index (κ1) is 27.3. The number of aliphatic hydroxyl groups is 1. The molecule has 4 aromatic rings. The highest BCUT2D eigenvalue weighted by Crippen LogP contribution is 2.49. The molecular formula is C30H32N6O3S. The average Bonchev–Trinajstić information content (AvgIpc) is 3.76. The first-order valence-electron chi connectivity index (χ1n) is 13.0. The van der Waals surface area contributed by atoms with Crippen molar-refractivity contribution in [3.63, 3.8) is 0 Å². The molecule has 0 spiro atoms. The lowest BCUT2D eigenvalue weighted by Crippen LogP contribution is -2.27. The molecule has 1 aliphatic carbocycles. The summed E-state index contributed by atoms with van der Waals surface area (Å²) in [5.74, 6) is 0.825. The van der Waals surface area contributed by atoms with Gasteiger partial charge in [0, 0.05) is 40.3 Å². The second-order valence-electron chi connectivity index (χ2n) is 10.2. The number of benzene rings is 3. The molecule has 1 aromatic heterocycles. The van der Waals surface area contributed by atoms with E-state index >= 15 is 0 Å². The molecule has 1 heterocycles. The lowest BCUT2D eigenvalue weighted by atomic mass is 9.95. The Labute approximate surface area is 234 Å². The highest BCUT2D eigenvalue weighted by molar-refractivity contribution is 7.91. The standard InChI is InChI=1S/C30H32N6O3S/c1-20(19-37)33-27-26(18-32-29(36-27)35-24-9-6-10-25(17-24)40(2,31)39)21-11-13-23(14-12-21)34-28(38)30(15-16-30)22-7-4-3-5-8-22/h3-14,17-18,20,31,37H,15-16,19H2,1-2H3,(H,34,38)(H2,32,33,35,36)/t20-,40?/m1/s1. The largest absolute Gasteiger partial charge is 0.394 e. The molecule has 10 heteroatoms. The monoisotopic (exact) mass is 556 g/mol. The van der Waals surface area contributed by atoms with E-state index in [-0.39, 0.29) is 18.6 Å². The molecule has 1 aliphatic rings. The summed E-state index contributed by atoms with van der Waals surface area (Å²) in [6.07, 6.45) is 4.73. The first-order valence-corrected chi connectivity index (χ1v) is 15.0. The quantitative estimate of drug-likeness (QED) is 0.176. The van der Waals surface area contributed by atoms with Crippen LogP contribution in [0.1, 0.15) is 25.3 Å². The number of nitrogens with zero attached hydrogens (tertiary/aromatic N) is 2. The van der Waals surface area contributed by atoms with Crippen LogP contribution in [0, 0.1) is 4.78 Å². The van der Waals surface area contributed by atoms with E-state index in [1.165, 1.54) is 6.26 Å². The fourth-order valence-electron chi connectivity index (χ4n) is 4.50. The van der Waals surface area contributed by atoms with Crippen LogP contribution in [0.5, 0.6) is 0 Å². The van der Waals surface area contributed by atoms with E-state index in [9.17, 15) is 14.1 Å². The molecule has 0 saturated heterocycles. The number of anilines is 4. The summed E-state index contributed by atoms with van der Waals surface area (Å²) in [6, 6.07) is 23.9. The first-order chi connectivity index (χ1) is 19.2. The second-order valence-corrected chi connectivity index (χ2v) is 12.3. The maximum Gasteiger partial charge on any atom is 0.235 e. The summed E-state index contributed by atoms with van der Waals surface area (Å²) in [4.78, 5) is 22.6. The average molecular weight is 557 g/mol. The van der Waals surface area contributed by atoms with Crippen LogP contribution in [0.3, 0.4) is 0 Å². The topological polar surface area (TPSA) is 140 Å². The zero-order valence-corrected chi connectivity index (χ0v) is 23.2. The predicted molar refractivity (Wildman–Crippen MR) is 158 cm³/mol. The molecule has 1 fully saturated rings. The molecular weight excluding hydrogens is 524 g/mol. The molecule has 1 amide bonds. The minimum absolute atomic E-state index is 0.00211. The molecule has 9 nitrogen and oxygen atoms in total. The van der Waals surface area contributed by atoms with Crippen molar-refractivity contribution in [2.75, 3.05) is 28.8 Å². The van der Waals surface area contributed by atoms with Crippen molar-refractivity contribution >= 4 is 38.8 Å². The molecule has 1 saturated carbocycles. The third-order valence-electron chi connectivity index (χ3n) is 6.95. The summed E-state index contributed by atoms with van der Waals surface area (Å²) < 4.78 is 20.0. The van der Waals surface area contributed by atoms with E-state index in [0.717, 1.165) is 29.5 Å². The van der Waals surface area contributed by atoms with Gasteiger partial charge in [-0.05, 0) is 61.2 Å². The van der Waals surface area contributed by atoms with Gasteiger partial charge >= 0.3 is 0 Å². The van der Waals surface area contributed by atoms with Crippen LogP contribution in [0.2, 0.25) is 0 Å². The number of aliphatic hydroxyl groups excluding tert-OH is 1. The highest BCUT2D eigenvalue weighted by atomic mass is 32.2. The number of hydrogen-bond donors (Lipinski definition) is 5.